The van der Waals surface area contributed by atoms with Gasteiger partial charge in [-0.2, -0.15) is 18.3 Å². The van der Waals surface area contributed by atoms with Crippen molar-refractivity contribution in [2.45, 2.75) is 25.7 Å². The lowest BCUT2D eigenvalue weighted by Gasteiger charge is -2.10. The number of halogens is 5. The molecule has 3 aromatic rings. The molecule has 0 aliphatic rings. The molecule has 1 amide bonds. The van der Waals surface area contributed by atoms with E-state index in [0.717, 1.165) is 16.8 Å². The molecule has 5 nitrogen and oxygen atoms in total. The first kappa shape index (κ1) is 21.8. The van der Waals surface area contributed by atoms with Gasteiger partial charge >= 0.3 is 6.18 Å². The molecule has 0 bridgehead atoms. The molecule has 0 saturated heterocycles. The highest BCUT2D eigenvalue weighted by Crippen LogP contribution is 2.30. The average Bonchev–Trinajstić information content (AvgIpc) is 3.11. The minimum Gasteiger partial charge on any atom is -0.392 e. The van der Waals surface area contributed by atoms with E-state index in [1.54, 1.807) is 12.1 Å². The Morgan fingerprint density at radius 2 is 1.93 bits per heavy atom. The number of nitrogens with one attached hydrogen (secondary N) is 1. The van der Waals surface area contributed by atoms with Crippen LogP contribution in [0.5, 0.6) is 0 Å². The van der Waals surface area contributed by atoms with Crippen LogP contribution in [0.15, 0.2) is 48.5 Å². The summed E-state index contributed by atoms with van der Waals surface area (Å²) in [5.41, 5.74) is -0.233. The van der Waals surface area contributed by atoms with Crippen LogP contribution >= 0.6 is 11.6 Å². The van der Waals surface area contributed by atoms with Gasteiger partial charge in [0, 0.05) is 10.6 Å². The van der Waals surface area contributed by atoms with Gasteiger partial charge in [0.05, 0.1) is 31.0 Å². The van der Waals surface area contributed by atoms with E-state index in [1.165, 1.54) is 24.3 Å². The van der Waals surface area contributed by atoms with Crippen LogP contribution in [0, 0.1) is 5.82 Å². The number of hydrogen-bond donors (Lipinski definition) is 2. The number of amides is 1. The maximum atomic E-state index is 13.7. The van der Waals surface area contributed by atoms with Crippen molar-refractivity contribution in [3.05, 3.63) is 81.9 Å². The van der Waals surface area contributed by atoms with E-state index in [9.17, 15) is 22.4 Å². The third kappa shape index (κ3) is 5.17. The van der Waals surface area contributed by atoms with Gasteiger partial charge < -0.3 is 10.4 Å². The minimum atomic E-state index is -4.66. The molecule has 1 aromatic heterocycles. The zero-order valence-corrected chi connectivity index (χ0v) is 16.1. The predicted molar refractivity (Wildman–Crippen MR) is 101 cm³/mol. The minimum absolute atomic E-state index is 0.0970. The van der Waals surface area contributed by atoms with E-state index in [2.05, 4.69) is 10.4 Å². The number of rotatable bonds is 6. The van der Waals surface area contributed by atoms with Crippen LogP contribution in [0.2, 0.25) is 5.02 Å². The lowest BCUT2D eigenvalue weighted by Crippen LogP contribution is -2.25. The third-order valence-corrected chi connectivity index (χ3v) is 4.48. The van der Waals surface area contributed by atoms with Gasteiger partial charge in [0.1, 0.15) is 5.82 Å². The summed E-state index contributed by atoms with van der Waals surface area (Å²) < 4.78 is 54.1. The van der Waals surface area contributed by atoms with E-state index in [0.29, 0.717) is 16.3 Å². The Kier molecular flexibility index (Phi) is 6.42. The number of aromatic nitrogens is 2. The molecule has 0 atom stereocenters. The van der Waals surface area contributed by atoms with Gasteiger partial charge in [0.2, 0.25) is 5.91 Å². The molecule has 30 heavy (non-hydrogen) atoms. The molecule has 0 radical (unpaired) electrons. The third-order valence-electron chi connectivity index (χ3n) is 4.25. The van der Waals surface area contributed by atoms with Crippen molar-refractivity contribution >= 4 is 17.5 Å². The Balaban J connectivity index is 1.77. The van der Waals surface area contributed by atoms with E-state index in [1.807, 2.05) is 0 Å². The van der Waals surface area contributed by atoms with Crippen LogP contribution < -0.4 is 5.32 Å². The zero-order valence-electron chi connectivity index (χ0n) is 15.4. The zero-order chi connectivity index (χ0) is 21.9. The summed E-state index contributed by atoms with van der Waals surface area (Å²) in [4.78, 5) is 12.2. The average molecular weight is 442 g/mol. The first-order valence-corrected chi connectivity index (χ1v) is 9.12. The summed E-state index contributed by atoms with van der Waals surface area (Å²) in [6.45, 7) is -0.695. The predicted octanol–water partition coefficient (Wildman–Crippen LogP) is 4.03. The van der Waals surface area contributed by atoms with Gasteiger partial charge in [-0.05, 0) is 35.9 Å². The Labute approximate surface area is 173 Å². The largest absolute Gasteiger partial charge is 0.435 e. The number of carbonyl (C=O) groups excluding carboxylic acids is 1. The highest BCUT2D eigenvalue weighted by Gasteiger charge is 2.35. The Morgan fingerprint density at radius 3 is 2.57 bits per heavy atom. The van der Waals surface area contributed by atoms with Crippen LogP contribution in [0.3, 0.4) is 0 Å². The second-order valence-electron chi connectivity index (χ2n) is 6.45. The van der Waals surface area contributed by atoms with E-state index >= 15 is 0 Å². The maximum absolute atomic E-state index is 13.7. The molecule has 10 heteroatoms. The number of carbonyl (C=O) groups is 1. The van der Waals surface area contributed by atoms with Crippen molar-refractivity contribution in [3.63, 3.8) is 0 Å². The van der Waals surface area contributed by atoms with Gasteiger partial charge in [0.15, 0.2) is 5.69 Å². The topological polar surface area (TPSA) is 67.2 Å². The molecule has 1 heterocycles. The lowest BCUT2D eigenvalue weighted by molar-refractivity contribution is -0.141. The number of hydrogen-bond acceptors (Lipinski definition) is 3. The molecule has 0 fully saturated rings. The number of aliphatic hydroxyl groups is 1. The fraction of sp³-hybridized carbons (Fsp3) is 0.200. The lowest BCUT2D eigenvalue weighted by atomic mass is 10.1. The van der Waals surface area contributed by atoms with Crippen LogP contribution in [-0.2, 0) is 30.5 Å². The first-order valence-electron chi connectivity index (χ1n) is 8.74. The molecule has 158 valence electrons. The van der Waals surface area contributed by atoms with Gasteiger partial charge in [-0.25, -0.2) is 9.07 Å². The summed E-state index contributed by atoms with van der Waals surface area (Å²) in [6, 6.07) is 11.0. The molecule has 2 N–H and O–H groups in total. The SMILES string of the molecule is O=C(Cc1ccc(CO)c(F)c1)NCc1cc(C(F)(F)F)nn1-c1cccc(Cl)c1. The Hall–Kier alpha value is -2.91. The smallest absolute Gasteiger partial charge is 0.392 e. The monoisotopic (exact) mass is 441 g/mol. The summed E-state index contributed by atoms with van der Waals surface area (Å²) in [5.74, 6) is -1.16. The van der Waals surface area contributed by atoms with E-state index < -0.39 is 30.2 Å². The fourth-order valence-electron chi connectivity index (χ4n) is 2.78. The number of alkyl halides is 3. The molecule has 0 saturated carbocycles. The Morgan fingerprint density at radius 1 is 1.17 bits per heavy atom. The van der Waals surface area contributed by atoms with Crippen LogP contribution in [-0.4, -0.2) is 20.8 Å². The van der Waals surface area contributed by atoms with Gasteiger partial charge in [-0.1, -0.05) is 29.8 Å². The fourth-order valence-corrected chi connectivity index (χ4v) is 2.97. The summed E-state index contributed by atoms with van der Waals surface area (Å²) >= 11 is 5.92. The maximum Gasteiger partial charge on any atom is 0.435 e. The van der Waals surface area contributed by atoms with Crippen LogP contribution in [0.4, 0.5) is 17.6 Å². The molecule has 0 aliphatic carbocycles. The second-order valence-corrected chi connectivity index (χ2v) is 6.88. The van der Waals surface area contributed by atoms with Crippen molar-refractivity contribution in [3.8, 4) is 5.69 Å². The number of benzene rings is 2. The summed E-state index contributed by atoms with van der Waals surface area (Å²) in [7, 11) is 0. The number of aliphatic hydroxyl groups excluding tert-OH is 1. The molecular formula is C20H16ClF4N3O2. The summed E-state index contributed by atoms with van der Waals surface area (Å²) in [6.07, 6.45) is -4.84. The van der Waals surface area contributed by atoms with Gasteiger partial charge in [0.25, 0.3) is 0 Å². The highest BCUT2D eigenvalue weighted by molar-refractivity contribution is 6.30. The molecule has 0 aliphatic heterocycles. The molecule has 3 rings (SSSR count). The van der Waals surface area contributed by atoms with Gasteiger partial charge in [-0.3, -0.25) is 4.79 Å². The van der Waals surface area contributed by atoms with Crippen molar-refractivity contribution in [1.29, 1.82) is 0 Å². The molecule has 0 unspecified atom stereocenters. The van der Waals surface area contributed by atoms with Gasteiger partial charge in [-0.15, -0.1) is 0 Å². The Bertz CT molecular complexity index is 1070. The quantitative estimate of drug-likeness (QED) is 0.567. The standard InChI is InChI=1S/C20H16ClF4N3O2/c21-14-2-1-3-15(8-14)28-16(9-18(27-28)20(23,24)25)10-26-19(30)7-12-4-5-13(11-29)17(22)6-12/h1-6,8-9,29H,7,10-11H2,(H,26,30). The van der Waals surface area contributed by atoms with Crippen molar-refractivity contribution in [2.24, 2.45) is 0 Å². The second kappa shape index (κ2) is 8.85. The molecule has 2 aromatic carbocycles. The van der Waals surface area contributed by atoms with E-state index in [-0.39, 0.29) is 24.2 Å². The van der Waals surface area contributed by atoms with Crippen molar-refractivity contribution in [2.75, 3.05) is 0 Å². The normalized spacial score (nSPS) is 11.5. The molecule has 0 spiro atoms. The van der Waals surface area contributed by atoms with Crippen LogP contribution in [0.25, 0.3) is 5.69 Å². The van der Waals surface area contributed by atoms with Crippen molar-refractivity contribution < 1.29 is 27.5 Å². The van der Waals surface area contributed by atoms with Crippen LogP contribution in [0.1, 0.15) is 22.5 Å². The van der Waals surface area contributed by atoms with Crippen molar-refractivity contribution in [1.82, 2.24) is 15.1 Å². The summed E-state index contributed by atoms with van der Waals surface area (Å²) in [5, 5.41) is 15.4. The molecular weight excluding hydrogens is 426 g/mol. The number of nitrogens with zero attached hydrogens (tertiary/aromatic N) is 2. The first-order chi connectivity index (χ1) is 14.2. The highest BCUT2D eigenvalue weighted by atomic mass is 35.5. The van der Waals surface area contributed by atoms with E-state index in [4.69, 9.17) is 16.7 Å².